The van der Waals surface area contributed by atoms with Gasteiger partial charge in [-0.25, -0.2) is 0 Å². The normalized spacial score (nSPS) is 13.6. The van der Waals surface area contributed by atoms with Crippen molar-refractivity contribution in [3.8, 4) is 0 Å². The van der Waals surface area contributed by atoms with E-state index in [9.17, 15) is 4.79 Å². The summed E-state index contributed by atoms with van der Waals surface area (Å²) in [4.78, 5) is 15.2. The third kappa shape index (κ3) is 2.62. The van der Waals surface area contributed by atoms with Crippen LogP contribution in [0.15, 0.2) is 17.5 Å². The van der Waals surface area contributed by atoms with Gasteiger partial charge in [-0.15, -0.1) is 11.3 Å². The molecule has 3 nitrogen and oxygen atoms in total. The summed E-state index contributed by atoms with van der Waals surface area (Å²) in [7, 11) is 1.84. The molecule has 1 heterocycles. The van der Waals surface area contributed by atoms with Crippen molar-refractivity contribution in [1.29, 1.82) is 0 Å². The van der Waals surface area contributed by atoms with E-state index in [1.54, 1.807) is 16.2 Å². The van der Waals surface area contributed by atoms with E-state index in [1.807, 2.05) is 39.3 Å². The zero-order valence-corrected chi connectivity index (χ0v) is 11.2. The van der Waals surface area contributed by atoms with Gasteiger partial charge in [-0.05, 0) is 32.2 Å². The minimum Gasteiger partial charge on any atom is -0.338 e. The first-order chi connectivity index (χ1) is 7.40. The fraction of sp³-hybridized carbons (Fsp3) is 0.583. The van der Waals surface area contributed by atoms with E-state index in [1.165, 1.54) is 4.88 Å². The zero-order chi connectivity index (χ0) is 12.3. The molecule has 0 spiro atoms. The van der Waals surface area contributed by atoms with Gasteiger partial charge < -0.3 is 10.6 Å². The summed E-state index contributed by atoms with van der Waals surface area (Å²) < 4.78 is 0. The largest absolute Gasteiger partial charge is 0.338 e. The lowest BCUT2D eigenvalue weighted by Gasteiger charge is -2.32. The Morgan fingerprint density at radius 2 is 2.25 bits per heavy atom. The molecular weight excluding hydrogens is 220 g/mol. The van der Waals surface area contributed by atoms with Crippen molar-refractivity contribution in [2.45, 2.75) is 26.8 Å². The third-order valence-electron chi connectivity index (χ3n) is 2.95. The first-order valence-electron chi connectivity index (χ1n) is 5.41. The molecule has 1 aromatic rings. The van der Waals surface area contributed by atoms with Crippen LogP contribution in [0.3, 0.4) is 0 Å². The van der Waals surface area contributed by atoms with Crippen LogP contribution in [0.4, 0.5) is 0 Å². The maximum Gasteiger partial charge on any atom is 0.229 e. The molecule has 0 saturated heterocycles. The number of rotatable bonds is 4. The summed E-state index contributed by atoms with van der Waals surface area (Å²) in [5.41, 5.74) is 5.13. The van der Waals surface area contributed by atoms with Crippen LogP contribution in [0.25, 0.3) is 0 Å². The van der Waals surface area contributed by atoms with Gasteiger partial charge in [0.2, 0.25) is 5.91 Å². The molecular formula is C12H20N2OS. The highest BCUT2D eigenvalue weighted by molar-refractivity contribution is 7.10. The Balaban J connectivity index is 2.79. The first-order valence-corrected chi connectivity index (χ1v) is 6.29. The lowest BCUT2D eigenvalue weighted by atomic mass is 9.91. The van der Waals surface area contributed by atoms with Crippen LogP contribution in [-0.2, 0) is 4.79 Å². The van der Waals surface area contributed by atoms with Crippen LogP contribution in [-0.4, -0.2) is 24.4 Å². The standard InChI is InChI=1S/C12H20N2OS/c1-9(10-6-5-7-16-10)14(4)11(15)12(2,3)8-13/h5-7,9H,8,13H2,1-4H3. The van der Waals surface area contributed by atoms with Crippen molar-refractivity contribution in [2.24, 2.45) is 11.1 Å². The highest BCUT2D eigenvalue weighted by Gasteiger charge is 2.31. The summed E-state index contributed by atoms with van der Waals surface area (Å²) in [5, 5.41) is 2.03. The van der Waals surface area contributed by atoms with E-state index in [-0.39, 0.29) is 11.9 Å². The molecule has 1 atom stereocenters. The number of amides is 1. The Bertz CT molecular complexity index is 346. The minimum atomic E-state index is -0.486. The minimum absolute atomic E-state index is 0.0934. The smallest absolute Gasteiger partial charge is 0.229 e. The molecule has 0 fully saturated rings. The Hall–Kier alpha value is -0.870. The van der Waals surface area contributed by atoms with Gasteiger partial charge in [-0.3, -0.25) is 4.79 Å². The van der Waals surface area contributed by atoms with Gasteiger partial charge in [0.05, 0.1) is 11.5 Å². The van der Waals surface area contributed by atoms with Crippen LogP contribution >= 0.6 is 11.3 Å². The molecule has 0 aliphatic rings. The second-order valence-corrected chi connectivity index (χ2v) is 5.67. The molecule has 1 rings (SSSR count). The molecule has 4 heteroatoms. The third-order valence-corrected chi connectivity index (χ3v) is 3.99. The van der Waals surface area contributed by atoms with Crippen molar-refractivity contribution < 1.29 is 4.79 Å². The molecule has 1 aromatic heterocycles. The van der Waals surface area contributed by atoms with Gasteiger partial charge in [0.1, 0.15) is 0 Å². The van der Waals surface area contributed by atoms with E-state index >= 15 is 0 Å². The lowest BCUT2D eigenvalue weighted by molar-refractivity contribution is -0.140. The summed E-state index contributed by atoms with van der Waals surface area (Å²) in [6, 6.07) is 4.16. The number of hydrogen-bond acceptors (Lipinski definition) is 3. The Morgan fingerprint density at radius 1 is 1.62 bits per heavy atom. The Labute approximate surface area is 101 Å². The van der Waals surface area contributed by atoms with E-state index in [2.05, 4.69) is 6.07 Å². The quantitative estimate of drug-likeness (QED) is 0.877. The van der Waals surface area contributed by atoms with Crippen LogP contribution < -0.4 is 5.73 Å². The van der Waals surface area contributed by atoms with Gasteiger partial charge >= 0.3 is 0 Å². The number of carbonyl (C=O) groups is 1. The molecule has 0 aliphatic heterocycles. The van der Waals surface area contributed by atoms with Crippen LogP contribution in [0, 0.1) is 5.41 Å². The molecule has 16 heavy (non-hydrogen) atoms. The van der Waals surface area contributed by atoms with E-state index < -0.39 is 5.41 Å². The predicted molar refractivity (Wildman–Crippen MR) is 68.3 cm³/mol. The average Bonchev–Trinajstić information content (AvgIpc) is 2.79. The second kappa shape index (κ2) is 4.97. The van der Waals surface area contributed by atoms with Crippen molar-refractivity contribution in [3.05, 3.63) is 22.4 Å². The second-order valence-electron chi connectivity index (χ2n) is 4.70. The number of nitrogens with two attached hydrogens (primary N) is 1. The van der Waals surface area contributed by atoms with Gasteiger partial charge in [-0.1, -0.05) is 6.07 Å². The van der Waals surface area contributed by atoms with Gasteiger partial charge in [-0.2, -0.15) is 0 Å². The SMILES string of the molecule is CC(c1cccs1)N(C)C(=O)C(C)(C)CN. The Kier molecular flexibility index (Phi) is 4.10. The summed E-state index contributed by atoms with van der Waals surface area (Å²) >= 11 is 1.67. The number of carbonyl (C=O) groups excluding carboxylic acids is 1. The molecule has 0 aliphatic carbocycles. The first kappa shape index (κ1) is 13.2. The highest BCUT2D eigenvalue weighted by Crippen LogP contribution is 2.27. The van der Waals surface area contributed by atoms with E-state index in [4.69, 9.17) is 5.73 Å². The topological polar surface area (TPSA) is 46.3 Å². The van der Waals surface area contributed by atoms with Gasteiger partial charge in [0, 0.05) is 18.5 Å². The van der Waals surface area contributed by atoms with Crippen LogP contribution in [0.2, 0.25) is 0 Å². The molecule has 0 bridgehead atoms. The van der Waals surface area contributed by atoms with Crippen LogP contribution in [0.5, 0.6) is 0 Å². The molecule has 90 valence electrons. The monoisotopic (exact) mass is 240 g/mol. The number of hydrogen-bond donors (Lipinski definition) is 1. The van der Waals surface area contributed by atoms with Gasteiger partial charge in [0.15, 0.2) is 0 Å². The van der Waals surface area contributed by atoms with Crippen molar-refractivity contribution in [1.82, 2.24) is 4.90 Å². The van der Waals surface area contributed by atoms with Crippen molar-refractivity contribution in [2.75, 3.05) is 13.6 Å². The van der Waals surface area contributed by atoms with Crippen LogP contribution in [0.1, 0.15) is 31.7 Å². The van der Waals surface area contributed by atoms with E-state index in [0.717, 1.165) is 0 Å². The lowest BCUT2D eigenvalue weighted by Crippen LogP contribution is -2.43. The fourth-order valence-electron chi connectivity index (χ4n) is 1.46. The van der Waals surface area contributed by atoms with E-state index in [0.29, 0.717) is 6.54 Å². The fourth-order valence-corrected chi connectivity index (χ4v) is 2.29. The zero-order valence-electron chi connectivity index (χ0n) is 10.4. The summed E-state index contributed by atoms with van der Waals surface area (Å²) in [6.07, 6.45) is 0. The molecule has 1 amide bonds. The highest BCUT2D eigenvalue weighted by atomic mass is 32.1. The summed E-state index contributed by atoms with van der Waals surface area (Å²) in [5.74, 6) is 0.0934. The summed E-state index contributed by atoms with van der Waals surface area (Å²) in [6.45, 7) is 6.17. The molecule has 0 saturated carbocycles. The maximum absolute atomic E-state index is 12.2. The Morgan fingerprint density at radius 3 is 2.69 bits per heavy atom. The van der Waals surface area contributed by atoms with Crippen molar-refractivity contribution >= 4 is 17.2 Å². The average molecular weight is 240 g/mol. The number of nitrogens with zero attached hydrogens (tertiary/aromatic N) is 1. The molecule has 2 N–H and O–H groups in total. The van der Waals surface area contributed by atoms with Crippen molar-refractivity contribution in [3.63, 3.8) is 0 Å². The molecule has 0 radical (unpaired) electrons. The predicted octanol–water partition coefficient (Wildman–Crippen LogP) is 2.25. The molecule has 1 unspecified atom stereocenters. The van der Waals surface area contributed by atoms with Gasteiger partial charge in [0.25, 0.3) is 0 Å². The number of thiophene rings is 1. The molecule has 0 aromatic carbocycles. The maximum atomic E-state index is 12.2.